The van der Waals surface area contributed by atoms with Gasteiger partial charge in [0.25, 0.3) is 0 Å². The molecule has 0 bridgehead atoms. The molecule has 0 radical (unpaired) electrons. The van der Waals surface area contributed by atoms with Crippen molar-refractivity contribution in [3.05, 3.63) is 23.5 Å². The third-order valence-electron chi connectivity index (χ3n) is 3.43. The van der Waals surface area contributed by atoms with Crippen LogP contribution in [0.25, 0.3) is 0 Å². The van der Waals surface area contributed by atoms with Crippen LogP contribution >= 0.6 is 0 Å². The van der Waals surface area contributed by atoms with Crippen LogP contribution in [-0.2, 0) is 24.3 Å². The van der Waals surface area contributed by atoms with Gasteiger partial charge in [0.1, 0.15) is 5.25 Å². The van der Waals surface area contributed by atoms with E-state index in [1.807, 2.05) is 6.92 Å². The number of carbonyl (C=O) groups excluding carboxylic acids is 1. The number of nitrogens with two attached hydrogens (primary N) is 1. The lowest BCUT2D eigenvalue weighted by atomic mass is 9.93. The van der Waals surface area contributed by atoms with E-state index in [9.17, 15) is 13.2 Å². The molecule has 120 valence electrons. The van der Waals surface area contributed by atoms with Gasteiger partial charge in [-0.15, -0.1) is 0 Å². The average Bonchev–Trinajstić information content (AvgIpc) is 2.39. The van der Waals surface area contributed by atoms with Gasteiger partial charge in [0.05, 0.1) is 20.0 Å². The van der Waals surface area contributed by atoms with Crippen LogP contribution in [0.2, 0.25) is 0 Å². The molecular weight excluding hydrogens is 294 g/mol. The first-order valence-corrected chi connectivity index (χ1v) is 8.63. The molecule has 0 heterocycles. The zero-order valence-corrected chi connectivity index (χ0v) is 13.3. The standard InChI is InChI=1S/C14H23NO5S/c1-3-20-10-9-11-12(14(16)19-2)7-5-4-6-8-13(11)21(15,17)18/h9-10,13H,3-8H2,1-2H3,(H2,15,17,18)/b10-9+,12-11+/t13-/m0/s1. The Labute approximate surface area is 126 Å². The zero-order chi connectivity index (χ0) is 15.9. The van der Waals surface area contributed by atoms with Crippen LogP contribution < -0.4 is 5.14 Å². The second-order valence-corrected chi connectivity index (χ2v) is 6.61. The van der Waals surface area contributed by atoms with E-state index in [1.165, 1.54) is 19.4 Å². The summed E-state index contributed by atoms with van der Waals surface area (Å²) in [6.45, 7) is 2.27. The summed E-state index contributed by atoms with van der Waals surface area (Å²) in [6.07, 6.45) is 6.22. The van der Waals surface area contributed by atoms with Crippen LogP contribution in [-0.4, -0.2) is 33.4 Å². The first kappa shape index (κ1) is 17.7. The van der Waals surface area contributed by atoms with Gasteiger partial charge in [-0.05, 0) is 37.8 Å². The molecule has 0 aliphatic heterocycles. The van der Waals surface area contributed by atoms with E-state index in [0.29, 0.717) is 30.6 Å². The van der Waals surface area contributed by atoms with E-state index in [2.05, 4.69) is 0 Å². The maximum atomic E-state index is 12.0. The van der Waals surface area contributed by atoms with E-state index in [1.54, 1.807) is 0 Å². The Bertz CT molecular complexity index is 521. The van der Waals surface area contributed by atoms with Crippen LogP contribution in [0.15, 0.2) is 23.5 Å². The summed E-state index contributed by atoms with van der Waals surface area (Å²) in [5.74, 6) is -0.512. The molecule has 1 atom stereocenters. The molecule has 0 saturated heterocycles. The minimum Gasteiger partial charge on any atom is -0.501 e. The highest BCUT2D eigenvalue weighted by Gasteiger charge is 2.30. The van der Waals surface area contributed by atoms with Crippen molar-refractivity contribution in [2.45, 2.75) is 44.3 Å². The monoisotopic (exact) mass is 317 g/mol. The Morgan fingerprint density at radius 2 is 2.10 bits per heavy atom. The van der Waals surface area contributed by atoms with Crippen molar-refractivity contribution in [2.75, 3.05) is 13.7 Å². The molecule has 0 saturated carbocycles. The number of sulfonamides is 1. The van der Waals surface area contributed by atoms with Gasteiger partial charge in [-0.3, -0.25) is 0 Å². The molecule has 0 aromatic rings. The van der Waals surface area contributed by atoms with E-state index in [0.717, 1.165) is 19.3 Å². The van der Waals surface area contributed by atoms with E-state index >= 15 is 0 Å². The van der Waals surface area contributed by atoms with Crippen molar-refractivity contribution in [3.8, 4) is 0 Å². The van der Waals surface area contributed by atoms with Gasteiger partial charge < -0.3 is 9.47 Å². The van der Waals surface area contributed by atoms with Crippen molar-refractivity contribution < 1.29 is 22.7 Å². The van der Waals surface area contributed by atoms with Crippen molar-refractivity contribution in [2.24, 2.45) is 5.14 Å². The highest BCUT2D eigenvalue weighted by atomic mass is 32.2. The summed E-state index contributed by atoms with van der Waals surface area (Å²) in [4.78, 5) is 12.0. The number of carbonyl (C=O) groups is 1. The van der Waals surface area contributed by atoms with Crippen LogP contribution in [0, 0.1) is 0 Å². The molecule has 2 N–H and O–H groups in total. The Morgan fingerprint density at radius 1 is 1.38 bits per heavy atom. The molecule has 21 heavy (non-hydrogen) atoms. The van der Waals surface area contributed by atoms with Crippen molar-refractivity contribution in [1.29, 1.82) is 0 Å². The minimum absolute atomic E-state index is 0.368. The van der Waals surface area contributed by atoms with Crippen LogP contribution in [0.4, 0.5) is 0 Å². The van der Waals surface area contributed by atoms with Gasteiger partial charge in [-0.2, -0.15) is 0 Å². The molecule has 7 heteroatoms. The number of allylic oxidation sites excluding steroid dienone is 1. The lowest BCUT2D eigenvalue weighted by molar-refractivity contribution is -0.136. The Kier molecular flexibility index (Phi) is 6.91. The predicted octanol–water partition coefficient (Wildman–Crippen LogP) is 1.63. The molecule has 1 aliphatic rings. The highest BCUT2D eigenvalue weighted by molar-refractivity contribution is 7.90. The quantitative estimate of drug-likeness (QED) is 0.614. The fourth-order valence-corrected chi connectivity index (χ4v) is 3.48. The number of hydrogen-bond donors (Lipinski definition) is 1. The van der Waals surface area contributed by atoms with Gasteiger partial charge >= 0.3 is 5.97 Å². The van der Waals surface area contributed by atoms with Crippen LogP contribution in [0.5, 0.6) is 0 Å². The SMILES string of the molecule is CCO/C=C/C1=C(\C(=O)OC)CCCCC[C@@H]1S(N)(=O)=O. The number of primary sulfonamides is 1. The van der Waals surface area contributed by atoms with Crippen molar-refractivity contribution in [1.82, 2.24) is 0 Å². The smallest absolute Gasteiger partial charge is 0.334 e. The summed E-state index contributed by atoms with van der Waals surface area (Å²) >= 11 is 0. The summed E-state index contributed by atoms with van der Waals surface area (Å²) in [5.41, 5.74) is 0.754. The fraction of sp³-hybridized carbons (Fsp3) is 0.643. The van der Waals surface area contributed by atoms with Crippen molar-refractivity contribution in [3.63, 3.8) is 0 Å². The molecule has 6 nitrogen and oxygen atoms in total. The summed E-state index contributed by atoms with van der Waals surface area (Å²) in [5, 5.41) is 4.44. The van der Waals surface area contributed by atoms with E-state index in [-0.39, 0.29) is 0 Å². The molecule has 0 spiro atoms. The number of rotatable bonds is 5. The normalized spacial score (nSPS) is 24.4. The molecule has 1 rings (SSSR count). The second kappa shape index (κ2) is 8.19. The summed E-state index contributed by atoms with van der Waals surface area (Å²) in [7, 11) is -2.52. The predicted molar refractivity (Wildman–Crippen MR) is 79.8 cm³/mol. The topological polar surface area (TPSA) is 95.7 Å². The number of hydrogen-bond acceptors (Lipinski definition) is 5. The van der Waals surface area contributed by atoms with Crippen LogP contribution in [0.1, 0.15) is 39.0 Å². The molecule has 0 aromatic heterocycles. The van der Waals surface area contributed by atoms with Crippen LogP contribution in [0.3, 0.4) is 0 Å². The Morgan fingerprint density at radius 3 is 2.67 bits per heavy atom. The number of ether oxygens (including phenoxy) is 2. The molecule has 1 aliphatic carbocycles. The molecule has 0 fully saturated rings. The minimum atomic E-state index is -3.80. The third-order valence-corrected chi connectivity index (χ3v) is 4.71. The first-order chi connectivity index (χ1) is 9.91. The molecule has 0 aromatic carbocycles. The Hall–Kier alpha value is -1.34. The highest BCUT2D eigenvalue weighted by Crippen LogP contribution is 2.28. The Balaban J connectivity index is 3.35. The molecule has 0 amide bonds. The number of esters is 1. The molecule has 0 unspecified atom stereocenters. The largest absolute Gasteiger partial charge is 0.501 e. The fourth-order valence-electron chi connectivity index (χ4n) is 2.41. The summed E-state index contributed by atoms with van der Waals surface area (Å²) < 4.78 is 33.6. The first-order valence-electron chi connectivity index (χ1n) is 7.03. The van der Waals surface area contributed by atoms with Gasteiger partial charge in [-0.25, -0.2) is 18.4 Å². The van der Waals surface area contributed by atoms with Gasteiger partial charge in [0.2, 0.25) is 10.0 Å². The van der Waals surface area contributed by atoms with E-state index < -0.39 is 21.2 Å². The lowest BCUT2D eigenvalue weighted by Gasteiger charge is -2.22. The molecular formula is C14H23NO5S. The lowest BCUT2D eigenvalue weighted by Crippen LogP contribution is -2.32. The maximum absolute atomic E-state index is 12.0. The second-order valence-electron chi connectivity index (χ2n) is 4.86. The third kappa shape index (κ3) is 5.17. The van der Waals surface area contributed by atoms with Gasteiger partial charge in [-0.1, -0.05) is 12.8 Å². The van der Waals surface area contributed by atoms with E-state index in [4.69, 9.17) is 14.6 Å². The van der Waals surface area contributed by atoms with Gasteiger partial charge in [0.15, 0.2) is 0 Å². The van der Waals surface area contributed by atoms with Gasteiger partial charge in [0, 0.05) is 5.57 Å². The maximum Gasteiger partial charge on any atom is 0.334 e. The zero-order valence-electron chi connectivity index (χ0n) is 12.5. The summed E-state index contributed by atoms with van der Waals surface area (Å²) in [6, 6.07) is 0. The number of methoxy groups -OCH3 is 1. The average molecular weight is 317 g/mol. The van der Waals surface area contributed by atoms with Crippen molar-refractivity contribution >= 4 is 16.0 Å².